The Labute approximate surface area is 142 Å². The van der Waals surface area contributed by atoms with E-state index in [1.165, 1.54) is 5.56 Å². The molecule has 3 rings (SSSR count). The van der Waals surface area contributed by atoms with Gasteiger partial charge in [-0.1, -0.05) is 44.2 Å². The van der Waals surface area contributed by atoms with Crippen molar-refractivity contribution in [1.82, 2.24) is 20.1 Å². The van der Waals surface area contributed by atoms with Gasteiger partial charge in [0.2, 0.25) is 5.95 Å². The lowest BCUT2D eigenvalue weighted by atomic mass is 10.0. The van der Waals surface area contributed by atoms with Gasteiger partial charge in [-0.15, -0.1) is 5.10 Å². The van der Waals surface area contributed by atoms with Crippen LogP contribution < -0.4 is 10.6 Å². The summed E-state index contributed by atoms with van der Waals surface area (Å²) in [5.74, 6) is 0.640. The maximum absolute atomic E-state index is 12.3. The average molecular weight is 327 g/mol. The van der Waals surface area contributed by atoms with Crippen molar-refractivity contribution in [2.45, 2.75) is 52.1 Å². The van der Waals surface area contributed by atoms with Gasteiger partial charge in [-0.05, 0) is 31.7 Å². The van der Waals surface area contributed by atoms with Crippen molar-refractivity contribution in [3.63, 3.8) is 0 Å². The molecule has 1 aromatic heterocycles. The van der Waals surface area contributed by atoms with E-state index in [4.69, 9.17) is 0 Å². The first-order chi connectivity index (χ1) is 11.2. The molecule has 2 amide bonds. The van der Waals surface area contributed by atoms with Gasteiger partial charge in [-0.25, -0.2) is 14.5 Å². The molecule has 2 atom stereocenters. The maximum atomic E-state index is 12.3. The summed E-state index contributed by atoms with van der Waals surface area (Å²) in [6.45, 7) is 10.4. The van der Waals surface area contributed by atoms with E-state index in [9.17, 15) is 4.79 Å². The molecule has 6 nitrogen and oxygen atoms in total. The molecule has 2 aromatic rings. The summed E-state index contributed by atoms with van der Waals surface area (Å²) in [5, 5.41) is 10.1. The van der Waals surface area contributed by atoms with Crippen LogP contribution in [-0.4, -0.2) is 26.8 Å². The number of urea groups is 1. The lowest BCUT2D eigenvalue weighted by Crippen LogP contribution is -2.33. The number of aromatic nitrogens is 3. The van der Waals surface area contributed by atoms with E-state index < -0.39 is 0 Å². The van der Waals surface area contributed by atoms with Crippen LogP contribution in [0.5, 0.6) is 0 Å². The highest BCUT2D eigenvalue weighted by molar-refractivity contribution is 5.88. The van der Waals surface area contributed by atoms with Crippen LogP contribution in [0.2, 0.25) is 0 Å². The Morgan fingerprint density at radius 1 is 1.21 bits per heavy atom. The number of hydrogen-bond acceptors (Lipinski definition) is 3. The second kappa shape index (κ2) is 5.61. The summed E-state index contributed by atoms with van der Waals surface area (Å²) in [5.41, 5.74) is 1.12. The molecule has 0 unspecified atom stereocenters. The topological polar surface area (TPSA) is 71.8 Å². The number of carbonyl (C=O) groups excluding carboxylic acids is 1. The molecule has 0 bridgehead atoms. The van der Waals surface area contributed by atoms with Gasteiger partial charge in [-0.3, -0.25) is 5.32 Å². The molecule has 24 heavy (non-hydrogen) atoms. The Morgan fingerprint density at radius 2 is 1.88 bits per heavy atom. The third kappa shape index (κ3) is 3.13. The Hall–Kier alpha value is -2.37. The van der Waals surface area contributed by atoms with Crippen LogP contribution in [0.15, 0.2) is 36.7 Å². The van der Waals surface area contributed by atoms with Gasteiger partial charge in [0.15, 0.2) is 0 Å². The Bertz CT molecular complexity index is 729. The van der Waals surface area contributed by atoms with E-state index in [-0.39, 0.29) is 23.0 Å². The number of nitrogens with one attached hydrogen (secondary N) is 2. The van der Waals surface area contributed by atoms with Crippen LogP contribution >= 0.6 is 0 Å². The zero-order valence-electron chi connectivity index (χ0n) is 14.9. The quantitative estimate of drug-likeness (QED) is 0.908. The minimum atomic E-state index is -0.266. The third-order valence-corrected chi connectivity index (χ3v) is 4.68. The fraction of sp³-hybridized carbons (Fsp3) is 0.500. The second-order valence-electron chi connectivity index (χ2n) is 7.97. The largest absolute Gasteiger partial charge is 0.334 e. The summed E-state index contributed by atoms with van der Waals surface area (Å²) >= 11 is 0. The van der Waals surface area contributed by atoms with E-state index >= 15 is 0 Å². The average Bonchev–Trinajstić information content (AvgIpc) is 2.86. The highest BCUT2D eigenvalue weighted by Gasteiger charge is 2.59. The number of hydrogen-bond donors (Lipinski definition) is 2. The number of rotatable bonds is 3. The van der Waals surface area contributed by atoms with Gasteiger partial charge in [0.05, 0.1) is 5.54 Å². The Kier molecular flexibility index (Phi) is 3.86. The number of anilines is 1. The third-order valence-electron chi connectivity index (χ3n) is 4.68. The molecule has 1 aromatic carbocycles. The van der Waals surface area contributed by atoms with Crippen molar-refractivity contribution in [3.05, 3.63) is 42.2 Å². The van der Waals surface area contributed by atoms with Crippen molar-refractivity contribution >= 4 is 12.0 Å². The molecule has 0 saturated heterocycles. The molecule has 2 N–H and O–H groups in total. The van der Waals surface area contributed by atoms with Crippen LogP contribution in [0.25, 0.3) is 0 Å². The molecular formula is C18H25N5O. The predicted molar refractivity (Wildman–Crippen MR) is 93.9 cm³/mol. The molecule has 0 radical (unpaired) electrons. The zero-order chi connectivity index (χ0) is 17.5. The van der Waals surface area contributed by atoms with Crippen molar-refractivity contribution in [1.29, 1.82) is 0 Å². The Morgan fingerprint density at radius 3 is 2.46 bits per heavy atom. The van der Waals surface area contributed by atoms with Crippen molar-refractivity contribution in [2.75, 3.05) is 5.32 Å². The molecule has 128 valence electrons. The molecule has 6 heteroatoms. The molecule has 1 aliphatic rings. The molecule has 1 fully saturated rings. The van der Waals surface area contributed by atoms with Gasteiger partial charge in [-0.2, -0.15) is 0 Å². The van der Waals surface area contributed by atoms with Gasteiger partial charge in [0, 0.05) is 12.0 Å². The second-order valence-corrected chi connectivity index (χ2v) is 7.97. The normalized spacial score (nSPS) is 22.0. The minimum absolute atomic E-state index is 0.0386. The number of benzene rings is 1. The highest BCUT2D eigenvalue weighted by atomic mass is 16.2. The van der Waals surface area contributed by atoms with Crippen molar-refractivity contribution < 1.29 is 4.79 Å². The van der Waals surface area contributed by atoms with E-state index in [1.807, 2.05) is 39.0 Å². The fourth-order valence-corrected chi connectivity index (χ4v) is 3.11. The molecular weight excluding hydrogens is 302 g/mol. The van der Waals surface area contributed by atoms with E-state index in [1.54, 1.807) is 11.0 Å². The van der Waals surface area contributed by atoms with Gasteiger partial charge in [0.25, 0.3) is 0 Å². The number of carbonyl (C=O) groups is 1. The molecule has 1 heterocycles. The minimum Gasteiger partial charge on any atom is -0.334 e. The summed E-state index contributed by atoms with van der Waals surface area (Å²) in [4.78, 5) is 16.4. The fourth-order valence-electron chi connectivity index (χ4n) is 3.11. The predicted octanol–water partition coefficient (Wildman–Crippen LogP) is 3.35. The lowest BCUT2D eigenvalue weighted by molar-refractivity contribution is 0.250. The Balaban J connectivity index is 1.62. The van der Waals surface area contributed by atoms with Crippen LogP contribution in [0.4, 0.5) is 10.7 Å². The van der Waals surface area contributed by atoms with Crippen molar-refractivity contribution in [3.8, 4) is 0 Å². The monoisotopic (exact) mass is 327 g/mol. The van der Waals surface area contributed by atoms with Crippen LogP contribution in [0.3, 0.4) is 0 Å². The molecule has 0 aliphatic heterocycles. The summed E-state index contributed by atoms with van der Waals surface area (Å²) in [6.07, 6.45) is 1.63. The van der Waals surface area contributed by atoms with Crippen LogP contribution in [0, 0.1) is 5.41 Å². The van der Waals surface area contributed by atoms with Crippen LogP contribution in [0.1, 0.15) is 46.1 Å². The highest BCUT2D eigenvalue weighted by Crippen LogP contribution is 2.58. The number of nitrogens with zero attached hydrogens (tertiary/aromatic N) is 3. The smallest absolute Gasteiger partial charge is 0.321 e. The van der Waals surface area contributed by atoms with Gasteiger partial charge in [0.1, 0.15) is 6.33 Å². The lowest BCUT2D eigenvalue weighted by Gasteiger charge is -2.17. The number of amides is 2. The summed E-state index contributed by atoms with van der Waals surface area (Å²) < 4.78 is 1.73. The molecule has 1 saturated carbocycles. The zero-order valence-corrected chi connectivity index (χ0v) is 14.9. The van der Waals surface area contributed by atoms with Gasteiger partial charge >= 0.3 is 6.03 Å². The van der Waals surface area contributed by atoms with Crippen LogP contribution in [-0.2, 0) is 5.54 Å². The van der Waals surface area contributed by atoms with E-state index in [0.717, 1.165) is 0 Å². The first-order valence-corrected chi connectivity index (χ1v) is 8.24. The summed E-state index contributed by atoms with van der Waals surface area (Å²) in [7, 11) is 0. The molecule has 1 aliphatic carbocycles. The first kappa shape index (κ1) is 16.5. The van der Waals surface area contributed by atoms with E-state index in [0.29, 0.717) is 11.9 Å². The maximum Gasteiger partial charge on any atom is 0.321 e. The first-order valence-electron chi connectivity index (χ1n) is 8.24. The standard InChI is InChI=1S/C18H25N5O/c1-17(2,3)23-11-19-15(22-23)21-16(24)20-14-13(18(14,4)5)12-9-7-6-8-10-12/h6-11,13-14H,1-5H3,(H2,20,21,22,24)/t13-,14-/m1/s1. The molecule has 0 spiro atoms. The SMILES string of the molecule is CC1(C)[C@H](NC(=O)Nc2ncn(C(C)(C)C)n2)[C@H]1c1ccccc1. The van der Waals surface area contributed by atoms with Gasteiger partial charge < -0.3 is 5.32 Å². The van der Waals surface area contributed by atoms with E-state index in [2.05, 4.69) is 46.7 Å². The summed E-state index contributed by atoms with van der Waals surface area (Å²) in [6, 6.07) is 10.1. The van der Waals surface area contributed by atoms with Crippen molar-refractivity contribution in [2.24, 2.45) is 5.41 Å².